The van der Waals surface area contributed by atoms with Crippen LogP contribution in [0.1, 0.15) is 16.4 Å². The largest absolute Gasteiger partial charge is 0.399 e. The second-order valence-electron chi connectivity index (χ2n) is 5.82. The van der Waals surface area contributed by atoms with Gasteiger partial charge in [0.2, 0.25) is 5.91 Å². The molecule has 0 fully saturated rings. The third-order valence-corrected chi connectivity index (χ3v) is 5.12. The molecule has 1 atom stereocenters. The van der Waals surface area contributed by atoms with E-state index in [0.717, 1.165) is 16.0 Å². The minimum Gasteiger partial charge on any atom is -0.399 e. The quantitative estimate of drug-likeness (QED) is 0.497. The van der Waals surface area contributed by atoms with Crippen molar-refractivity contribution in [3.8, 4) is 0 Å². The first-order valence-electron chi connectivity index (χ1n) is 8.21. The number of carbonyl (C=O) groups excluding carboxylic acids is 1. The summed E-state index contributed by atoms with van der Waals surface area (Å²) in [6.45, 7) is 0.352. The van der Waals surface area contributed by atoms with Gasteiger partial charge in [-0.15, -0.1) is 11.8 Å². The summed E-state index contributed by atoms with van der Waals surface area (Å²) in [5, 5.41) is 2.55. The Morgan fingerprint density at radius 1 is 0.962 bits per heavy atom. The molecule has 3 N–H and O–H groups in total. The predicted molar refractivity (Wildman–Crippen MR) is 104 cm³/mol. The molecule has 3 aromatic rings. The van der Waals surface area contributed by atoms with Crippen LogP contribution in [-0.4, -0.2) is 5.91 Å². The highest BCUT2D eigenvalue weighted by molar-refractivity contribution is 8.00. The molecule has 0 saturated heterocycles. The van der Waals surface area contributed by atoms with Crippen LogP contribution < -0.4 is 11.1 Å². The van der Waals surface area contributed by atoms with Crippen molar-refractivity contribution in [2.24, 2.45) is 0 Å². The number of nitrogen functional groups attached to an aromatic ring is 1. The van der Waals surface area contributed by atoms with Crippen LogP contribution in [0.15, 0.2) is 83.8 Å². The van der Waals surface area contributed by atoms with Gasteiger partial charge in [0.1, 0.15) is 11.1 Å². The first-order valence-corrected chi connectivity index (χ1v) is 9.09. The number of anilines is 1. The number of hydrogen-bond donors (Lipinski definition) is 2. The van der Waals surface area contributed by atoms with Crippen LogP contribution in [-0.2, 0) is 11.3 Å². The summed E-state index contributed by atoms with van der Waals surface area (Å²) in [5.74, 6) is -0.386. The van der Waals surface area contributed by atoms with E-state index in [0.29, 0.717) is 12.2 Å². The number of carbonyl (C=O) groups is 1. The molecule has 1 amide bonds. The topological polar surface area (TPSA) is 55.1 Å². The minimum atomic E-state index is -0.389. The van der Waals surface area contributed by atoms with Gasteiger partial charge in [-0.3, -0.25) is 4.79 Å². The summed E-state index contributed by atoms with van der Waals surface area (Å²) in [7, 11) is 0. The first-order chi connectivity index (χ1) is 12.6. The van der Waals surface area contributed by atoms with Crippen molar-refractivity contribution >= 4 is 23.4 Å². The normalized spacial score (nSPS) is 11.7. The van der Waals surface area contributed by atoms with E-state index in [1.54, 1.807) is 12.1 Å². The van der Waals surface area contributed by atoms with Crippen molar-refractivity contribution in [2.45, 2.75) is 16.7 Å². The van der Waals surface area contributed by atoms with E-state index >= 15 is 0 Å². The maximum absolute atomic E-state index is 13.0. The van der Waals surface area contributed by atoms with E-state index in [1.807, 2.05) is 54.6 Å². The molecule has 0 aliphatic carbocycles. The molecule has 0 heterocycles. The highest BCUT2D eigenvalue weighted by Gasteiger charge is 2.21. The van der Waals surface area contributed by atoms with Crippen LogP contribution >= 0.6 is 11.8 Å². The van der Waals surface area contributed by atoms with Crippen molar-refractivity contribution in [3.05, 3.63) is 95.8 Å². The molecule has 5 heteroatoms. The number of thioether (sulfide) groups is 1. The zero-order valence-corrected chi connectivity index (χ0v) is 14.9. The minimum absolute atomic E-state index is 0.0950. The van der Waals surface area contributed by atoms with Gasteiger partial charge in [-0.05, 0) is 47.5 Å². The van der Waals surface area contributed by atoms with Crippen LogP contribution in [0, 0.1) is 5.82 Å². The van der Waals surface area contributed by atoms with Gasteiger partial charge in [0.25, 0.3) is 0 Å². The summed E-state index contributed by atoms with van der Waals surface area (Å²) in [6, 6.07) is 23.2. The van der Waals surface area contributed by atoms with Gasteiger partial charge in [-0.2, -0.15) is 0 Å². The molecule has 0 aliphatic rings. The SMILES string of the molecule is Nc1ccc(SC(C(=O)NCc2ccc(F)cc2)c2ccccc2)cc1. The van der Waals surface area contributed by atoms with Crippen LogP contribution in [0.5, 0.6) is 0 Å². The second-order valence-corrected chi connectivity index (χ2v) is 7.00. The first kappa shape index (κ1) is 18.0. The van der Waals surface area contributed by atoms with E-state index < -0.39 is 0 Å². The molecule has 0 aromatic heterocycles. The van der Waals surface area contributed by atoms with Gasteiger partial charge in [-0.25, -0.2) is 4.39 Å². The highest BCUT2D eigenvalue weighted by Crippen LogP contribution is 2.35. The van der Waals surface area contributed by atoms with Gasteiger partial charge in [-0.1, -0.05) is 42.5 Å². The number of nitrogens with two attached hydrogens (primary N) is 1. The maximum Gasteiger partial charge on any atom is 0.238 e. The van der Waals surface area contributed by atoms with E-state index in [2.05, 4.69) is 5.32 Å². The lowest BCUT2D eigenvalue weighted by Gasteiger charge is -2.17. The third kappa shape index (κ3) is 4.86. The Hall–Kier alpha value is -2.79. The molecule has 3 aromatic carbocycles. The average Bonchev–Trinajstić information content (AvgIpc) is 2.67. The van der Waals surface area contributed by atoms with Crippen molar-refractivity contribution in [1.29, 1.82) is 0 Å². The Labute approximate surface area is 156 Å². The van der Waals surface area contributed by atoms with Gasteiger partial charge in [0.05, 0.1) is 0 Å². The Balaban J connectivity index is 1.74. The zero-order valence-electron chi connectivity index (χ0n) is 14.1. The molecule has 0 radical (unpaired) electrons. The molecule has 0 saturated carbocycles. The van der Waals surface area contributed by atoms with Crippen molar-refractivity contribution in [2.75, 3.05) is 5.73 Å². The van der Waals surface area contributed by atoms with Crippen molar-refractivity contribution in [3.63, 3.8) is 0 Å². The number of halogens is 1. The number of amides is 1. The van der Waals surface area contributed by atoms with Gasteiger partial charge in [0.15, 0.2) is 0 Å². The summed E-state index contributed by atoms with van der Waals surface area (Å²) in [6.07, 6.45) is 0. The van der Waals surface area contributed by atoms with Gasteiger partial charge in [0, 0.05) is 17.1 Å². The fraction of sp³-hybridized carbons (Fsp3) is 0.0952. The smallest absolute Gasteiger partial charge is 0.238 e. The fourth-order valence-corrected chi connectivity index (χ4v) is 3.52. The number of nitrogens with one attached hydrogen (secondary N) is 1. The van der Waals surface area contributed by atoms with Crippen LogP contribution in [0.3, 0.4) is 0 Å². The standard InChI is InChI=1S/C21H19FN2OS/c22-17-8-6-15(7-9-17)14-24-21(25)20(16-4-2-1-3-5-16)26-19-12-10-18(23)11-13-19/h1-13,20H,14,23H2,(H,24,25). The molecule has 0 spiro atoms. The van der Waals surface area contributed by atoms with Gasteiger partial charge >= 0.3 is 0 Å². The lowest BCUT2D eigenvalue weighted by molar-refractivity contribution is -0.120. The zero-order chi connectivity index (χ0) is 18.4. The second kappa shape index (κ2) is 8.54. The van der Waals surface area contributed by atoms with E-state index in [-0.39, 0.29) is 17.0 Å². The number of rotatable bonds is 6. The lowest BCUT2D eigenvalue weighted by atomic mass is 10.1. The van der Waals surface area contributed by atoms with E-state index in [4.69, 9.17) is 5.73 Å². The Morgan fingerprint density at radius 2 is 1.62 bits per heavy atom. The monoisotopic (exact) mass is 366 g/mol. The Bertz CT molecular complexity index is 851. The Kier molecular flexibility index (Phi) is 5.92. The van der Waals surface area contributed by atoms with Crippen LogP contribution in [0.25, 0.3) is 0 Å². The summed E-state index contributed by atoms with van der Waals surface area (Å²) in [4.78, 5) is 13.8. The molecule has 0 aliphatic heterocycles. The van der Waals surface area contributed by atoms with Crippen molar-refractivity contribution in [1.82, 2.24) is 5.32 Å². The van der Waals surface area contributed by atoms with E-state index in [1.165, 1.54) is 23.9 Å². The van der Waals surface area contributed by atoms with Crippen LogP contribution in [0.2, 0.25) is 0 Å². The molecule has 132 valence electrons. The predicted octanol–water partition coefficient (Wildman–Crippen LogP) is 4.56. The molecule has 3 nitrogen and oxygen atoms in total. The van der Waals surface area contributed by atoms with Crippen molar-refractivity contribution < 1.29 is 9.18 Å². The third-order valence-electron chi connectivity index (χ3n) is 3.85. The van der Waals surface area contributed by atoms with Crippen LogP contribution in [0.4, 0.5) is 10.1 Å². The number of hydrogen-bond acceptors (Lipinski definition) is 3. The molecular formula is C21H19FN2OS. The molecule has 26 heavy (non-hydrogen) atoms. The summed E-state index contributed by atoms with van der Waals surface area (Å²) < 4.78 is 13.0. The van der Waals surface area contributed by atoms with E-state index in [9.17, 15) is 9.18 Å². The maximum atomic E-state index is 13.0. The van der Waals surface area contributed by atoms with Gasteiger partial charge < -0.3 is 11.1 Å². The fourth-order valence-electron chi connectivity index (χ4n) is 2.47. The lowest BCUT2D eigenvalue weighted by Crippen LogP contribution is -2.27. The summed E-state index contributed by atoms with van der Waals surface area (Å²) >= 11 is 1.47. The molecule has 0 bridgehead atoms. The summed E-state index contributed by atoms with van der Waals surface area (Å²) in [5.41, 5.74) is 8.20. The highest BCUT2D eigenvalue weighted by atomic mass is 32.2. The average molecular weight is 366 g/mol. The number of benzene rings is 3. The molecule has 1 unspecified atom stereocenters. The molecule has 3 rings (SSSR count). The molecular weight excluding hydrogens is 347 g/mol. The Morgan fingerprint density at radius 3 is 2.27 bits per heavy atom.